The van der Waals surface area contributed by atoms with E-state index in [0.29, 0.717) is 5.95 Å². The van der Waals surface area contributed by atoms with Crippen molar-refractivity contribution in [2.75, 3.05) is 11.9 Å². The summed E-state index contributed by atoms with van der Waals surface area (Å²) in [6, 6.07) is 7.96. The molecule has 2 aromatic heterocycles. The second kappa shape index (κ2) is 5.46. The summed E-state index contributed by atoms with van der Waals surface area (Å²) >= 11 is 1.49. The zero-order chi connectivity index (χ0) is 13.9. The summed E-state index contributed by atoms with van der Waals surface area (Å²) in [5, 5.41) is 9.93. The predicted octanol–water partition coefficient (Wildman–Crippen LogP) is 2.34. The largest absolute Gasteiger partial charge is 0.354 e. The van der Waals surface area contributed by atoms with Gasteiger partial charge in [0.1, 0.15) is 11.4 Å². The van der Waals surface area contributed by atoms with Gasteiger partial charge in [-0.3, -0.25) is 0 Å². The molecule has 0 aliphatic heterocycles. The molecular weight excluding hydrogens is 272 g/mol. The van der Waals surface area contributed by atoms with Crippen LogP contribution in [0.4, 0.5) is 5.95 Å². The van der Waals surface area contributed by atoms with Crippen LogP contribution in [-0.2, 0) is 7.05 Å². The number of aromatic nitrogens is 5. The third kappa shape index (κ3) is 2.44. The van der Waals surface area contributed by atoms with E-state index in [4.69, 9.17) is 0 Å². The van der Waals surface area contributed by atoms with Gasteiger partial charge >= 0.3 is 0 Å². The van der Waals surface area contributed by atoms with Crippen LogP contribution in [0.1, 0.15) is 6.92 Å². The quantitative estimate of drug-likeness (QED) is 0.742. The van der Waals surface area contributed by atoms with Gasteiger partial charge in [-0.1, -0.05) is 18.2 Å². The first kappa shape index (κ1) is 12.9. The highest BCUT2D eigenvalue weighted by Crippen LogP contribution is 2.30. The highest BCUT2D eigenvalue weighted by molar-refractivity contribution is 7.99. The molecule has 0 atom stereocenters. The summed E-state index contributed by atoms with van der Waals surface area (Å²) in [6.45, 7) is 2.81. The van der Waals surface area contributed by atoms with Gasteiger partial charge in [-0.25, -0.2) is 19.6 Å². The van der Waals surface area contributed by atoms with Gasteiger partial charge in [-0.15, -0.1) is 0 Å². The van der Waals surface area contributed by atoms with E-state index < -0.39 is 0 Å². The maximum Gasteiger partial charge on any atom is 0.224 e. The van der Waals surface area contributed by atoms with Gasteiger partial charge in [0.15, 0.2) is 5.16 Å². The average molecular weight is 286 g/mol. The van der Waals surface area contributed by atoms with E-state index in [1.165, 1.54) is 18.1 Å². The van der Waals surface area contributed by atoms with Gasteiger partial charge in [-0.05, 0) is 24.8 Å². The Bertz CT molecular complexity index is 739. The minimum absolute atomic E-state index is 0.635. The van der Waals surface area contributed by atoms with Gasteiger partial charge in [0.2, 0.25) is 5.95 Å². The molecule has 1 N–H and O–H groups in total. The lowest BCUT2D eigenvalue weighted by molar-refractivity contribution is 0.685. The second-order valence-electron chi connectivity index (χ2n) is 4.17. The van der Waals surface area contributed by atoms with Crippen molar-refractivity contribution in [1.29, 1.82) is 0 Å². The summed E-state index contributed by atoms with van der Waals surface area (Å²) in [5.41, 5.74) is 0.920. The van der Waals surface area contributed by atoms with Crippen molar-refractivity contribution in [2.24, 2.45) is 7.05 Å². The van der Waals surface area contributed by atoms with E-state index in [2.05, 4.69) is 25.4 Å². The molecule has 6 nitrogen and oxygen atoms in total. The van der Waals surface area contributed by atoms with Crippen LogP contribution in [0.25, 0.3) is 10.9 Å². The first-order valence-corrected chi connectivity index (χ1v) is 7.12. The number of anilines is 1. The molecule has 0 aliphatic rings. The molecule has 2 heterocycles. The minimum Gasteiger partial charge on any atom is -0.354 e. The molecule has 7 heteroatoms. The lowest BCUT2D eigenvalue weighted by atomic mass is 10.2. The predicted molar refractivity (Wildman–Crippen MR) is 78.8 cm³/mol. The van der Waals surface area contributed by atoms with Crippen molar-refractivity contribution in [3.05, 3.63) is 30.6 Å². The van der Waals surface area contributed by atoms with Crippen LogP contribution in [0, 0.1) is 0 Å². The van der Waals surface area contributed by atoms with Gasteiger partial charge < -0.3 is 5.32 Å². The van der Waals surface area contributed by atoms with E-state index in [0.717, 1.165) is 27.6 Å². The molecular formula is C13H14N6S. The van der Waals surface area contributed by atoms with Gasteiger partial charge in [0.25, 0.3) is 0 Å². The normalized spacial score (nSPS) is 10.9. The van der Waals surface area contributed by atoms with E-state index in [1.807, 2.05) is 38.2 Å². The summed E-state index contributed by atoms with van der Waals surface area (Å²) in [5.74, 6) is 0.635. The van der Waals surface area contributed by atoms with Crippen molar-refractivity contribution in [2.45, 2.75) is 17.1 Å². The van der Waals surface area contributed by atoms with E-state index >= 15 is 0 Å². The molecule has 102 valence electrons. The highest BCUT2D eigenvalue weighted by atomic mass is 32.2. The number of nitrogens with one attached hydrogen (secondary N) is 1. The minimum atomic E-state index is 0.635. The van der Waals surface area contributed by atoms with Crippen LogP contribution in [0.2, 0.25) is 0 Å². The summed E-state index contributed by atoms with van der Waals surface area (Å²) in [7, 11) is 1.86. The number of nitrogens with zero attached hydrogens (tertiary/aromatic N) is 5. The number of para-hydroxylation sites is 1. The molecule has 0 saturated carbocycles. The van der Waals surface area contributed by atoms with Crippen LogP contribution in [-0.4, -0.2) is 31.3 Å². The summed E-state index contributed by atoms with van der Waals surface area (Å²) in [6.07, 6.45) is 1.54. The Kier molecular flexibility index (Phi) is 3.51. The topological polar surface area (TPSA) is 68.5 Å². The van der Waals surface area contributed by atoms with Crippen molar-refractivity contribution in [3.8, 4) is 0 Å². The molecule has 0 saturated heterocycles. The van der Waals surface area contributed by atoms with Gasteiger partial charge in [0, 0.05) is 19.0 Å². The van der Waals surface area contributed by atoms with Crippen LogP contribution in [0.15, 0.2) is 40.8 Å². The Balaban J connectivity index is 2.09. The van der Waals surface area contributed by atoms with E-state index in [-0.39, 0.29) is 0 Å². The molecule has 0 aliphatic carbocycles. The lowest BCUT2D eigenvalue weighted by Gasteiger charge is -2.08. The molecule has 3 aromatic rings. The molecule has 0 radical (unpaired) electrons. The first-order chi connectivity index (χ1) is 9.78. The summed E-state index contributed by atoms with van der Waals surface area (Å²) in [4.78, 5) is 13.3. The fraction of sp³-hybridized carbons (Fsp3) is 0.231. The van der Waals surface area contributed by atoms with Crippen molar-refractivity contribution >= 4 is 28.6 Å². The zero-order valence-electron chi connectivity index (χ0n) is 11.2. The SMILES string of the molecule is CCNc1nc(Sc2ncnn2C)c2ccccc2n1. The van der Waals surface area contributed by atoms with Crippen LogP contribution >= 0.6 is 11.8 Å². The molecule has 0 amide bonds. The molecule has 3 rings (SSSR count). The number of rotatable bonds is 4. The fourth-order valence-corrected chi connectivity index (χ4v) is 2.69. The maximum atomic E-state index is 4.57. The Morgan fingerprint density at radius 2 is 2.10 bits per heavy atom. The number of hydrogen-bond donors (Lipinski definition) is 1. The zero-order valence-corrected chi connectivity index (χ0v) is 12.1. The van der Waals surface area contributed by atoms with Gasteiger partial charge in [-0.2, -0.15) is 5.10 Å². The van der Waals surface area contributed by atoms with Crippen molar-refractivity contribution in [3.63, 3.8) is 0 Å². The third-order valence-electron chi connectivity index (χ3n) is 2.76. The monoisotopic (exact) mass is 286 g/mol. The van der Waals surface area contributed by atoms with Crippen LogP contribution in [0.3, 0.4) is 0 Å². The van der Waals surface area contributed by atoms with Crippen LogP contribution < -0.4 is 5.32 Å². The number of fused-ring (bicyclic) bond motifs is 1. The van der Waals surface area contributed by atoms with Gasteiger partial charge in [0.05, 0.1) is 5.52 Å². The molecule has 20 heavy (non-hydrogen) atoms. The smallest absolute Gasteiger partial charge is 0.224 e. The van der Waals surface area contributed by atoms with Crippen LogP contribution in [0.5, 0.6) is 0 Å². The number of benzene rings is 1. The standard InChI is InChI=1S/C13H14N6S/c1-3-14-12-17-10-7-5-4-6-9(10)11(18-12)20-13-15-8-16-19(13)2/h4-8H,3H2,1-2H3,(H,14,17,18). The molecule has 0 bridgehead atoms. The summed E-state index contributed by atoms with van der Waals surface area (Å²) < 4.78 is 1.73. The highest BCUT2D eigenvalue weighted by Gasteiger charge is 2.11. The van der Waals surface area contributed by atoms with E-state index in [9.17, 15) is 0 Å². The molecule has 0 fully saturated rings. The van der Waals surface area contributed by atoms with E-state index in [1.54, 1.807) is 4.68 Å². The fourth-order valence-electron chi connectivity index (χ4n) is 1.83. The number of hydrogen-bond acceptors (Lipinski definition) is 6. The Morgan fingerprint density at radius 3 is 2.85 bits per heavy atom. The lowest BCUT2D eigenvalue weighted by Crippen LogP contribution is -2.03. The molecule has 1 aromatic carbocycles. The Morgan fingerprint density at radius 1 is 1.25 bits per heavy atom. The van der Waals surface area contributed by atoms with Crippen molar-refractivity contribution in [1.82, 2.24) is 24.7 Å². The van der Waals surface area contributed by atoms with Crippen molar-refractivity contribution < 1.29 is 0 Å². The number of aryl methyl sites for hydroxylation is 1. The third-order valence-corrected chi connectivity index (χ3v) is 3.82. The molecule has 0 unspecified atom stereocenters. The Labute approximate surface area is 120 Å². The molecule has 0 spiro atoms. The average Bonchev–Trinajstić information content (AvgIpc) is 2.85. The maximum absolute atomic E-state index is 4.57. The first-order valence-electron chi connectivity index (χ1n) is 6.30. The Hall–Kier alpha value is -2.15. The second-order valence-corrected chi connectivity index (χ2v) is 5.12.